The highest BCUT2D eigenvalue weighted by Crippen LogP contribution is 2.26. The predicted octanol–water partition coefficient (Wildman–Crippen LogP) is 2.13. The first-order valence-electron chi connectivity index (χ1n) is 6.25. The molecule has 0 aliphatic carbocycles. The number of nitrogens with zero attached hydrogens (tertiary/aromatic N) is 1. The molecule has 3 N–H and O–H groups in total. The van der Waals surface area contributed by atoms with Crippen LogP contribution in [-0.4, -0.2) is 23.4 Å². The molecule has 5 heteroatoms. The smallest absolute Gasteiger partial charge is 0.256 e. The molecule has 98 valence electrons. The molecule has 1 aliphatic heterocycles. The SMILES string of the molecule is CCC1CCCN1C(=O)c1cccc(F)c1NN. The third-order valence-corrected chi connectivity index (χ3v) is 3.50. The second-order valence-corrected chi connectivity index (χ2v) is 4.51. The van der Waals surface area contributed by atoms with Crippen LogP contribution in [0.1, 0.15) is 36.5 Å². The Bertz CT molecular complexity index is 450. The van der Waals surface area contributed by atoms with Gasteiger partial charge in [-0.1, -0.05) is 13.0 Å². The Morgan fingerprint density at radius 3 is 3.06 bits per heavy atom. The molecular weight excluding hydrogens is 233 g/mol. The van der Waals surface area contributed by atoms with Gasteiger partial charge >= 0.3 is 0 Å². The predicted molar refractivity (Wildman–Crippen MR) is 68.6 cm³/mol. The topological polar surface area (TPSA) is 58.4 Å². The maximum absolute atomic E-state index is 13.6. The Hall–Kier alpha value is -1.62. The van der Waals surface area contributed by atoms with E-state index in [1.54, 1.807) is 6.07 Å². The molecule has 1 heterocycles. The first kappa shape index (κ1) is 12.8. The molecule has 0 radical (unpaired) electrons. The van der Waals surface area contributed by atoms with Crippen molar-refractivity contribution in [2.24, 2.45) is 5.84 Å². The number of carbonyl (C=O) groups excluding carboxylic acids is 1. The maximum Gasteiger partial charge on any atom is 0.256 e. The van der Waals surface area contributed by atoms with E-state index in [0.29, 0.717) is 5.56 Å². The molecule has 1 fully saturated rings. The number of hydrogen-bond acceptors (Lipinski definition) is 3. The highest BCUT2D eigenvalue weighted by Gasteiger charge is 2.29. The van der Waals surface area contributed by atoms with Gasteiger partial charge < -0.3 is 10.3 Å². The fourth-order valence-corrected chi connectivity index (χ4v) is 2.53. The fraction of sp³-hybridized carbons (Fsp3) is 0.462. The number of benzene rings is 1. The number of anilines is 1. The van der Waals surface area contributed by atoms with Crippen LogP contribution >= 0.6 is 0 Å². The molecule has 0 bridgehead atoms. The van der Waals surface area contributed by atoms with Crippen molar-refractivity contribution in [3.05, 3.63) is 29.6 Å². The lowest BCUT2D eigenvalue weighted by Gasteiger charge is -2.24. The number of amides is 1. The average molecular weight is 251 g/mol. The first-order chi connectivity index (χ1) is 8.69. The van der Waals surface area contributed by atoms with E-state index in [0.717, 1.165) is 25.8 Å². The van der Waals surface area contributed by atoms with Crippen LogP contribution in [0.2, 0.25) is 0 Å². The number of nitrogens with two attached hydrogens (primary N) is 1. The number of hydrogen-bond donors (Lipinski definition) is 2. The zero-order valence-electron chi connectivity index (χ0n) is 10.4. The second kappa shape index (κ2) is 5.35. The average Bonchev–Trinajstić information content (AvgIpc) is 2.85. The minimum absolute atomic E-state index is 0.0734. The lowest BCUT2D eigenvalue weighted by Crippen LogP contribution is -2.35. The summed E-state index contributed by atoms with van der Waals surface area (Å²) >= 11 is 0. The van der Waals surface area contributed by atoms with Crippen molar-refractivity contribution in [3.8, 4) is 0 Å². The molecule has 4 nitrogen and oxygen atoms in total. The molecule has 0 saturated carbocycles. The van der Waals surface area contributed by atoms with Gasteiger partial charge in [-0.3, -0.25) is 10.6 Å². The molecule has 2 rings (SSSR count). The van der Waals surface area contributed by atoms with Gasteiger partial charge in [0.25, 0.3) is 5.91 Å². The van der Waals surface area contributed by atoms with Gasteiger partial charge in [0, 0.05) is 12.6 Å². The summed E-state index contributed by atoms with van der Waals surface area (Å²) in [5.74, 6) is 4.64. The zero-order valence-corrected chi connectivity index (χ0v) is 10.4. The molecule has 1 aromatic rings. The molecule has 1 aromatic carbocycles. The minimum atomic E-state index is -0.504. The van der Waals surface area contributed by atoms with Crippen LogP contribution in [-0.2, 0) is 0 Å². The Labute approximate surface area is 106 Å². The lowest BCUT2D eigenvalue weighted by atomic mass is 10.1. The highest BCUT2D eigenvalue weighted by molar-refractivity contribution is 6.00. The largest absolute Gasteiger partial charge is 0.336 e. The molecule has 18 heavy (non-hydrogen) atoms. The van der Waals surface area contributed by atoms with Crippen LogP contribution in [0.15, 0.2) is 18.2 Å². The summed E-state index contributed by atoms with van der Waals surface area (Å²) in [6, 6.07) is 4.67. The van der Waals surface area contributed by atoms with Crippen molar-refractivity contribution >= 4 is 11.6 Å². The quantitative estimate of drug-likeness (QED) is 0.639. The van der Waals surface area contributed by atoms with E-state index in [1.807, 2.05) is 4.90 Å². The molecule has 1 unspecified atom stereocenters. The molecule has 0 spiro atoms. The Morgan fingerprint density at radius 1 is 1.61 bits per heavy atom. The summed E-state index contributed by atoms with van der Waals surface area (Å²) in [7, 11) is 0. The molecule has 0 aromatic heterocycles. The van der Waals surface area contributed by atoms with Gasteiger partial charge in [0.05, 0.1) is 11.3 Å². The van der Waals surface area contributed by atoms with E-state index < -0.39 is 5.82 Å². The zero-order chi connectivity index (χ0) is 13.1. The van der Waals surface area contributed by atoms with E-state index in [-0.39, 0.29) is 17.6 Å². The second-order valence-electron chi connectivity index (χ2n) is 4.51. The molecule has 1 saturated heterocycles. The molecule has 1 atom stereocenters. The number of nitrogens with one attached hydrogen (secondary N) is 1. The normalized spacial score (nSPS) is 19.1. The van der Waals surface area contributed by atoms with Gasteiger partial charge in [-0.2, -0.15) is 0 Å². The number of nitrogen functional groups attached to an aromatic ring is 1. The number of hydrazine groups is 1. The maximum atomic E-state index is 13.6. The number of likely N-dealkylation sites (tertiary alicyclic amines) is 1. The van der Waals surface area contributed by atoms with Crippen LogP contribution in [0.3, 0.4) is 0 Å². The monoisotopic (exact) mass is 251 g/mol. The van der Waals surface area contributed by atoms with Crippen LogP contribution in [0.25, 0.3) is 0 Å². The van der Waals surface area contributed by atoms with Crippen molar-refractivity contribution < 1.29 is 9.18 Å². The minimum Gasteiger partial charge on any atom is -0.336 e. The van der Waals surface area contributed by atoms with Gasteiger partial charge in [0.1, 0.15) is 5.82 Å². The van der Waals surface area contributed by atoms with Crippen molar-refractivity contribution in [1.29, 1.82) is 0 Å². The van der Waals surface area contributed by atoms with E-state index in [2.05, 4.69) is 12.3 Å². The third-order valence-electron chi connectivity index (χ3n) is 3.50. The molecular formula is C13H18FN3O. The summed E-state index contributed by atoms with van der Waals surface area (Å²) in [4.78, 5) is 14.2. The number of halogens is 1. The Kier molecular flexibility index (Phi) is 3.81. The van der Waals surface area contributed by atoms with E-state index in [9.17, 15) is 9.18 Å². The first-order valence-corrected chi connectivity index (χ1v) is 6.25. The number of carbonyl (C=O) groups is 1. The van der Waals surface area contributed by atoms with Crippen LogP contribution in [0.4, 0.5) is 10.1 Å². The van der Waals surface area contributed by atoms with Crippen LogP contribution in [0.5, 0.6) is 0 Å². The summed E-state index contributed by atoms with van der Waals surface area (Å²) in [6.45, 7) is 2.79. The van der Waals surface area contributed by atoms with Crippen molar-refractivity contribution in [2.75, 3.05) is 12.0 Å². The fourth-order valence-electron chi connectivity index (χ4n) is 2.53. The van der Waals surface area contributed by atoms with E-state index in [1.165, 1.54) is 12.1 Å². The number of rotatable bonds is 3. The van der Waals surface area contributed by atoms with Gasteiger partial charge in [0.2, 0.25) is 0 Å². The Balaban J connectivity index is 2.31. The van der Waals surface area contributed by atoms with Gasteiger partial charge in [0.15, 0.2) is 0 Å². The number of para-hydroxylation sites is 1. The Morgan fingerprint density at radius 2 is 2.39 bits per heavy atom. The van der Waals surface area contributed by atoms with Gasteiger partial charge in [-0.15, -0.1) is 0 Å². The van der Waals surface area contributed by atoms with Crippen LogP contribution < -0.4 is 11.3 Å². The van der Waals surface area contributed by atoms with Gasteiger partial charge in [-0.05, 0) is 31.4 Å². The summed E-state index contributed by atoms with van der Waals surface area (Å²) in [5, 5.41) is 0. The van der Waals surface area contributed by atoms with Gasteiger partial charge in [-0.25, -0.2) is 4.39 Å². The van der Waals surface area contributed by atoms with E-state index in [4.69, 9.17) is 5.84 Å². The van der Waals surface area contributed by atoms with Crippen molar-refractivity contribution in [1.82, 2.24) is 4.90 Å². The van der Waals surface area contributed by atoms with Crippen molar-refractivity contribution in [3.63, 3.8) is 0 Å². The third kappa shape index (κ3) is 2.18. The summed E-state index contributed by atoms with van der Waals surface area (Å²) in [5.41, 5.74) is 2.66. The molecule has 1 aliphatic rings. The summed E-state index contributed by atoms with van der Waals surface area (Å²) < 4.78 is 13.6. The lowest BCUT2D eigenvalue weighted by molar-refractivity contribution is 0.0734. The van der Waals surface area contributed by atoms with Crippen molar-refractivity contribution in [2.45, 2.75) is 32.2 Å². The molecule has 1 amide bonds. The highest BCUT2D eigenvalue weighted by atomic mass is 19.1. The summed E-state index contributed by atoms with van der Waals surface area (Å²) in [6.07, 6.45) is 2.94. The van der Waals surface area contributed by atoms with E-state index >= 15 is 0 Å². The van der Waals surface area contributed by atoms with Crippen LogP contribution in [0, 0.1) is 5.82 Å². The standard InChI is InChI=1S/C13H18FN3O/c1-2-9-5-4-8-17(9)13(18)10-6-3-7-11(14)12(10)16-15/h3,6-7,9,16H,2,4-5,8,15H2,1H3.